The van der Waals surface area contributed by atoms with Crippen LogP contribution in [0.25, 0.3) is 0 Å². The lowest BCUT2D eigenvalue weighted by atomic mass is 10.2. The second-order valence-electron chi connectivity index (χ2n) is 5.32. The number of primary amides is 1. The van der Waals surface area contributed by atoms with Gasteiger partial charge in [0.05, 0.1) is 12.1 Å². The number of nitrogens with zero attached hydrogens (tertiary/aromatic N) is 1. The highest BCUT2D eigenvalue weighted by Gasteiger charge is 2.27. The maximum absolute atomic E-state index is 12.1. The predicted molar refractivity (Wildman–Crippen MR) is 89.0 cm³/mol. The van der Waals surface area contributed by atoms with Crippen molar-refractivity contribution >= 4 is 39.9 Å². The average Bonchev–Trinajstić information content (AvgIpc) is 3.06. The van der Waals surface area contributed by atoms with Crippen LogP contribution in [0.15, 0.2) is 11.4 Å². The maximum atomic E-state index is 12.1. The number of nitrogens with one attached hydrogen (secondary N) is 1. The molecule has 0 aliphatic heterocycles. The van der Waals surface area contributed by atoms with Gasteiger partial charge in [-0.25, -0.2) is 0 Å². The molecule has 1 aromatic heterocycles. The van der Waals surface area contributed by atoms with Crippen molar-refractivity contribution < 1.29 is 9.59 Å². The van der Waals surface area contributed by atoms with E-state index in [2.05, 4.69) is 16.5 Å². The molecule has 5 nitrogen and oxygen atoms in total. The zero-order valence-electron chi connectivity index (χ0n) is 12.3. The fourth-order valence-electron chi connectivity index (χ4n) is 2.65. The lowest BCUT2D eigenvalue weighted by Crippen LogP contribution is -2.37. The largest absolute Gasteiger partial charge is 0.366 e. The van der Waals surface area contributed by atoms with Crippen molar-refractivity contribution in [3.63, 3.8) is 0 Å². The number of thioether (sulfide) groups is 1. The molecule has 1 aliphatic carbocycles. The van der Waals surface area contributed by atoms with E-state index in [4.69, 9.17) is 5.73 Å². The van der Waals surface area contributed by atoms with E-state index in [-0.39, 0.29) is 5.91 Å². The third-order valence-electron chi connectivity index (χ3n) is 3.89. The minimum absolute atomic E-state index is 0.102. The number of anilines is 1. The molecule has 1 aliphatic rings. The molecule has 2 atom stereocenters. The summed E-state index contributed by atoms with van der Waals surface area (Å²) in [5.41, 5.74) is 5.64. The van der Waals surface area contributed by atoms with Gasteiger partial charge in [0, 0.05) is 11.3 Å². The van der Waals surface area contributed by atoms with Gasteiger partial charge >= 0.3 is 0 Å². The van der Waals surface area contributed by atoms with Gasteiger partial charge < -0.3 is 11.1 Å². The van der Waals surface area contributed by atoms with Crippen LogP contribution in [0.5, 0.6) is 0 Å². The molecular formula is C14H21N3O2S2. The van der Waals surface area contributed by atoms with E-state index in [1.165, 1.54) is 17.8 Å². The van der Waals surface area contributed by atoms with Gasteiger partial charge in [0.1, 0.15) is 5.00 Å². The van der Waals surface area contributed by atoms with E-state index in [1.807, 2.05) is 18.8 Å². The molecule has 3 N–H and O–H groups in total. The van der Waals surface area contributed by atoms with Crippen molar-refractivity contribution in [2.45, 2.75) is 30.6 Å². The van der Waals surface area contributed by atoms with Gasteiger partial charge in [-0.15, -0.1) is 11.3 Å². The van der Waals surface area contributed by atoms with Gasteiger partial charge in [-0.3, -0.25) is 14.5 Å². The molecule has 2 unspecified atom stereocenters. The molecule has 0 bridgehead atoms. The summed E-state index contributed by atoms with van der Waals surface area (Å²) in [5.74, 6) is -0.617. The standard InChI is InChI=1S/C14H21N3O2S2/c1-17(9-3-4-10(7-9)20-2)8-12(18)16-14-11(13(15)19)5-6-21-14/h5-6,9-10H,3-4,7-8H2,1-2H3,(H2,15,19)(H,16,18). The molecule has 0 saturated heterocycles. The zero-order valence-corrected chi connectivity index (χ0v) is 13.9. The summed E-state index contributed by atoms with van der Waals surface area (Å²) >= 11 is 3.22. The Hall–Kier alpha value is -1.05. The van der Waals surface area contributed by atoms with Gasteiger partial charge in [0.25, 0.3) is 5.91 Å². The van der Waals surface area contributed by atoms with Crippen molar-refractivity contribution in [1.82, 2.24) is 4.90 Å². The van der Waals surface area contributed by atoms with Crippen molar-refractivity contribution in [1.29, 1.82) is 0 Å². The van der Waals surface area contributed by atoms with Crippen molar-refractivity contribution in [2.75, 3.05) is 25.2 Å². The maximum Gasteiger partial charge on any atom is 0.251 e. The molecular weight excluding hydrogens is 306 g/mol. The molecule has 1 aromatic rings. The lowest BCUT2D eigenvalue weighted by Gasteiger charge is -2.23. The van der Waals surface area contributed by atoms with Crippen LogP contribution in [0.1, 0.15) is 29.6 Å². The minimum atomic E-state index is -0.515. The third kappa shape index (κ3) is 4.21. The number of nitrogens with two attached hydrogens (primary N) is 1. The van der Waals surface area contributed by atoms with Crippen LogP contribution < -0.4 is 11.1 Å². The fourth-order valence-corrected chi connectivity index (χ4v) is 4.25. The second-order valence-corrected chi connectivity index (χ2v) is 7.37. The van der Waals surface area contributed by atoms with Gasteiger partial charge in [-0.1, -0.05) is 0 Å². The Morgan fingerprint density at radius 3 is 2.90 bits per heavy atom. The summed E-state index contributed by atoms with van der Waals surface area (Å²) in [7, 11) is 1.98. The number of hydrogen-bond donors (Lipinski definition) is 2. The minimum Gasteiger partial charge on any atom is -0.366 e. The van der Waals surface area contributed by atoms with Crippen LogP contribution in [0.2, 0.25) is 0 Å². The first-order chi connectivity index (χ1) is 10.0. The summed E-state index contributed by atoms with van der Waals surface area (Å²) in [6.07, 6.45) is 5.63. The Morgan fingerprint density at radius 1 is 1.52 bits per heavy atom. The highest BCUT2D eigenvalue weighted by atomic mass is 32.2. The Morgan fingerprint density at radius 2 is 2.29 bits per heavy atom. The van der Waals surface area contributed by atoms with Crippen molar-refractivity contribution in [2.24, 2.45) is 5.73 Å². The molecule has 7 heteroatoms. The Bertz CT molecular complexity index is 518. The fraction of sp³-hybridized carbons (Fsp3) is 0.571. The summed E-state index contributed by atoms with van der Waals surface area (Å²) in [5, 5.41) is 5.78. The Kier molecular flexibility index (Phi) is 5.66. The van der Waals surface area contributed by atoms with Crippen LogP contribution in [-0.2, 0) is 4.79 Å². The summed E-state index contributed by atoms with van der Waals surface area (Å²) in [6.45, 7) is 0.335. The smallest absolute Gasteiger partial charge is 0.251 e. The molecule has 2 rings (SSSR count). The molecule has 1 heterocycles. The van der Waals surface area contributed by atoms with Gasteiger partial charge in [-0.05, 0) is 44.0 Å². The third-order valence-corrected chi connectivity index (χ3v) is 5.81. The first-order valence-corrected chi connectivity index (χ1v) is 9.08. The van der Waals surface area contributed by atoms with Crippen LogP contribution in [-0.4, -0.2) is 47.9 Å². The van der Waals surface area contributed by atoms with E-state index < -0.39 is 5.91 Å². The number of carbonyl (C=O) groups is 2. The SMILES string of the molecule is CSC1CCC(N(C)CC(=O)Nc2sccc2C(N)=O)C1. The van der Waals surface area contributed by atoms with Gasteiger partial charge in [0.15, 0.2) is 0 Å². The Balaban J connectivity index is 1.87. The van der Waals surface area contributed by atoms with Crippen molar-refractivity contribution in [3.05, 3.63) is 17.0 Å². The molecule has 1 saturated carbocycles. The predicted octanol–water partition coefficient (Wildman–Crippen LogP) is 2.00. The molecule has 116 valence electrons. The molecule has 0 aromatic carbocycles. The number of rotatable bonds is 6. The first kappa shape index (κ1) is 16.3. The molecule has 0 radical (unpaired) electrons. The van der Waals surface area contributed by atoms with E-state index >= 15 is 0 Å². The summed E-state index contributed by atoms with van der Waals surface area (Å²) < 4.78 is 0. The van der Waals surface area contributed by atoms with E-state index in [0.717, 1.165) is 12.8 Å². The van der Waals surface area contributed by atoms with E-state index in [0.29, 0.717) is 28.4 Å². The molecule has 2 amide bonds. The topological polar surface area (TPSA) is 75.4 Å². The monoisotopic (exact) mass is 327 g/mol. The van der Waals surface area contributed by atoms with E-state index in [9.17, 15) is 9.59 Å². The Labute approximate surface area is 133 Å². The normalized spacial score (nSPS) is 21.7. The van der Waals surface area contributed by atoms with Crippen molar-refractivity contribution in [3.8, 4) is 0 Å². The summed E-state index contributed by atoms with van der Waals surface area (Å²) in [6, 6.07) is 2.10. The van der Waals surface area contributed by atoms with Crippen LogP contribution in [0.3, 0.4) is 0 Å². The van der Waals surface area contributed by atoms with Gasteiger partial charge in [-0.2, -0.15) is 11.8 Å². The molecule has 21 heavy (non-hydrogen) atoms. The van der Waals surface area contributed by atoms with Crippen LogP contribution in [0.4, 0.5) is 5.00 Å². The average molecular weight is 327 g/mol. The van der Waals surface area contributed by atoms with E-state index in [1.54, 1.807) is 11.4 Å². The van der Waals surface area contributed by atoms with Gasteiger partial charge in [0.2, 0.25) is 5.91 Å². The molecule has 1 fully saturated rings. The highest BCUT2D eigenvalue weighted by Crippen LogP contribution is 2.30. The quantitative estimate of drug-likeness (QED) is 0.838. The second kappa shape index (κ2) is 7.29. The summed E-state index contributed by atoms with van der Waals surface area (Å²) in [4.78, 5) is 25.4. The number of hydrogen-bond acceptors (Lipinski definition) is 5. The highest BCUT2D eigenvalue weighted by molar-refractivity contribution is 7.99. The van der Waals surface area contributed by atoms with Crippen LogP contribution in [0, 0.1) is 0 Å². The lowest BCUT2D eigenvalue weighted by molar-refractivity contribution is -0.117. The number of thiophene rings is 1. The number of amides is 2. The molecule has 0 spiro atoms. The number of likely N-dealkylation sites (N-methyl/N-ethyl adjacent to an activating group) is 1. The first-order valence-electron chi connectivity index (χ1n) is 6.91. The van der Waals surface area contributed by atoms with Crippen LogP contribution >= 0.6 is 23.1 Å². The number of carbonyl (C=O) groups excluding carboxylic acids is 2. The zero-order chi connectivity index (χ0) is 15.4.